The second kappa shape index (κ2) is 11.7. The average Bonchev–Trinajstić information content (AvgIpc) is 2.81. The number of aromatic hydroxyl groups is 2. The minimum Gasteiger partial charge on any atom is -0.508 e. The summed E-state index contributed by atoms with van der Waals surface area (Å²) in [6.07, 6.45) is 0.0854. The van der Waals surface area contributed by atoms with Crippen LogP contribution in [0.4, 0.5) is 0 Å². The molecule has 1 atom stereocenters. The molecule has 0 spiro atoms. The number of phenolic OH excluding ortho intramolecular Hbond substituents is 2. The number of ether oxygens (including phenoxy) is 1. The fourth-order valence-corrected chi connectivity index (χ4v) is 3.95. The number of carbonyl (C=O) groups is 1. The van der Waals surface area contributed by atoms with Crippen LogP contribution < -0.4 is 15.4 Å². The number of amides is 1. The molecule has 0 heterocycles. The van der Waals surface area contributed by atoms with Crippen LogP contribution >= 0.6 is 0 Å². The van der Waals surface area contributed by atoms with Gasteiger partial charge in [0.2, 0.25) is 5.91 Å². The summed E-state index contributed by atoms with van der Waals surface area (Å²) in [4.78, 5) is 12.5. The van der Waals surface area contributed by atoms with Crippen molar-refractivity contribution >= 4 is 5.91 Å². The molecule has 0 aromatic heterocycles. The third kappa shape index (κ3) is 8.31. The number of hydrogen-bond donors (Lipinski definition) is 5. The summed E-state index contributed by atoms with van der Waals surface area (Å²) in [5.41, 5.74) is 3.07. The Morgan fingerprint density at radius 1 is 0.943 bits per heavy atom. The molecular formula is C28H34N2O5. The van der Waals surface area contributed by atoms with Crippen molar-refractivity contribution in [2.24, 2.45) is 0 Å². The zero-order valence-electron chi connectivity index (χ0n) is 20.4. The molecule has 3 rings (SSSR count). The number of nitrogens with one attached hydrogen (secondary N) is 2. The first-order valence-corrected chi connectivity index (χ1v) is 11.6. The largest absolute Gasteiger partial charge is 0.508 e. The van der Waals surface area contributed by atoms with Crippen molar-refractivity contribution in [2.45, 2.75) is 44.9 Å². The van der Waals surface area contributed by atoms with Gasteiger partial charge in [0, 0.05) is 24.7 Å². The van der Waals surface area contributed by atoms with E-state index in [9.17, 15) is 20.1 Å². The van der Waals surface area contributed by atoms with E-state index in [2.05, 4.69) is 10.6 Å². The summed E-state index contributed by atoms with van der Waals surface area (Å²) in [5.74, 6) is 0.512. The number of rotatable bonds is 11. The maximum Gasteiger partial charge on any atom is 0.224 e. The zero-order valence-corrected chi connectivity index (χ0v) is 20.4. The molecule has 0 saturated carbocycles. The Morgan fingerprint density at radius 2 is 1.60 bits per heavy atom. The van der Waals surface area contributed by atoms with Gasteiger partial charge >= 0.3 is 0 Å². The minimum absolute atomic E-state index is 0.0557. The van der Waals surface area contributed by atoms with Crippen LogP contribution in [0.1, 0.15) is 42.2 Å². The quantitative estimate of drug-likeness (QED) is 0.288. The first-order chi connectivity index (χ1) is 16.6. The molecule has 3 aromatic rings. The molecule has 0 aliphatic rings. The van der Waals surface area contributed by atoms with Crippen molar-refractivity contribution in [3.05, 3.63) is 89.0 Å². The van der Waals surface area contributed by atoms with Crippen LogP contribution in [-0.4, -0.2) is 40.4 Å². The number of benzene rings is 3. The van der Waals surface area contributed by atoms with Crippen LogP contribution in [0.25, 0.3) is 0 Å². The summed E-state index contributed by atoms with van der Waals surface area (Å²) in [7, 11) is 1.62. The van der Waals surface area contributed by atoms with Crippen molar-refractivity contribution < 1.29 is 24.9 Å². The number of hydrogen-bond acceptors (Lipinski definition) is 6. The molecule has 0 bridgehead atoms. The number of β-amino-alcohol motifs (C(OH)–C–C–N with tert-alkyl or cyclic N) is 1. The second-order valence-electron chi connectivity index (χ2n) is 9.37. The minimum atomic E-state index is -0.883. The average molecular weight is 479 g/mol. The highest BCUT2D eigenvalue weighted by molar-refractivity contribution is 5.78. The van der Waals surface area contributed by atoms with Crippen LogP contribution in [0.15, 0.2) is 66.7 Å². The van der Waals surface area contributed by atoms with Gasteiger partial charge in [0.05, 0.1) is 19.6 Å². The lowest BCUT2D eigenvalue weighted by molar-refractivity contribution is -0.120. The van der Waals surface area contributed by atoms with Gasteiger partial charge in [-0.25, -0.2) is 0 Å². The van der Waals surface area contributed by atoms with E-state index in [0.717, 1.165) is 22.4 Å². The molecule has 0 saturated heterocycles. The van der Waals surface area contributed by atoms with Crippen LogP contribution in [0.2, 0.25) is 0 Å². The fraction of sp³-hybridized carbons (Fsp3) is 0.321. The van der Waals surface area contributed by atoms with E-state index in [0.29, 0.717) is 18.5 Å². The predicted octanol–water partition coefficient (Wildman–Crippen LogP) is 3.61. The van der Waals surface area contributed by atoms with Crippen molar-refractivity contribution in [3.8, 4) is 17.2 Å². The van der Waals surface area contributed by atoms with Crippen LogP contribution in [0.5, 0.6) is 17.2 Å². The Balaban J connectivity index is 1.52. The van der Waals surface area contributed by atoms with Crippen LogP contribution in [-0.2, 0) is 24.2 Å². The lowest BCUT2D eigenvalue weighted by atomic mass is 9.93. The third-order valence-electron chi connectivity index (χ3n) is 5.71. The SMILES string of the molecule is COc1cccc(CNC(=O)Cc2cccc(CC(C)(C)NC[C@H](O)c3cc(O)cc(O)c3)c2)c1. The molecule has 1 amide bonds. The van der Waals surface area contributed by atoms with E-state index in [1.807, 2.05) is 62.4 Å². The topological polar surface area (TPSA) is 111 Å². The maximum absolute atomic E-state index is 12.5. The van der Waals surface area contributed by atoms with E-state index in [-0.39, 0.29) is 35.9 Å². The number of carbonyl (C=O) groups excluding carboxylic acids is 1. The normalized spacial score (nSPS) is 12.2. The molecule has 0 aliphatic heterocycles. The standard InChI is InChI=1S/C28H34N2O5/c1-28(2,30-18-26(33)22-13-23(31)15-24(32)14-22)16-20-7-4-6-19(10-20)12-27(34)29-17-21-8-5-9-25(11-21)35-3/h4-11,13-15,26,30-33H,12,16-18H2,1-3H3,(H,29,34)/t26-/m0/s1. The van der Waals surface area contributed by atoms with E-state index < -0.39 is 6.10 Å². The molecule has 35 heavy (non-hydrogen) atoms. The molecule has 7 nitrogen and oxygen atoms in total. The van der Waals surface area contributed by atoms with Crippen molar-refractivity contribution in [1.82, 2.24) is 10.6 Å². The van der Waals surface area contributed by atoms with Gasteiger partial charge in [-0.3, -0.25) is 4.79 Å². The first-order valence-electron chi connectivity index (χ1n) is 11.6. The summed E-state index contributed by atoms with van der Waals surface area (Å²) in [5, 5.41) is 36.1. The van der Waals surface area contributed by atoms with Gasteiger partial charge in [0.1, 0.15) is 17.2 Å². The molecular weight excluding hydrogens is 444 g/mol. The molecule has 3 aromatic carbocycles. The number of aliphatic hydroxyl groups is 1. The van der Waals surface area contributed by atoms with E-state index in [4.69, 9.17) is 4.74 Å². The Kier molecular flexibility index (Phi) is 8.73. The highest BCUT2D eigenvalue weighted by atomic mass is 16.5. The molecule has 0 aliphatic carbocycles. The summed E-state index contributed by atoms with van der Waals surface area (Å²) in [6, 6.07) is 19.6. The molecule has 0 radical (unpaired) electrons. The Bertz CT molecular complexity index is 1130. The van der Waals surface area contributed by atoms with Crippen molar-refractivity contribution in [2.75, 3.05) is 13.7 Å². The number of aliphatic hydroxyl groups excluding tert-OH is 1. The second-order valence-corrected chi connectivity index (χ2v) is 9.37. The smallest absolute Gasteiger partial charge is 0.224 e. The fourth-order valence-electron chi connectivity index (χ4n) is 3.95. The Morgan fingerprint density at radius 3 is 2.31 bits per heavy atom. The van der Waals surface area contributed by atoms with Crippen molar-refractivity contribution in [1.29, 1.82) is 0 Å². The molecule has 7 heteroatoms. The maximum atomic E-state index is 12.5. The molecule has 186 valence electrons. The van der Waals surface area contributed by atoms with E-state index in [1.165, 1.54) is 18.2 Å². The number of methoxy groups -OCH3 is 1. The molecule has 0 unspecified atom stereocenters. The van der Waals surface area contributed by atoms with Gasteiger partial charge in [0.15, 0.2) is 0 Å². The highest BCUT2D eigenvalue weighted by Crippen LogP contribution is 2.25. The Labute approximate surface area is 206 Å². The summed E-state index contributed by atoms with van der Waals surface area (Å²) < 4.78 is 5.22. The van der Waals surface area contributed by atoms with Crippen molar-refractivity contribution in [3.63, 3.8) is 0 Å². The monoisotopic (exact) mass is 478 g/mol. The lowest BCUT2D eigenvalue weighted by Crippen LogP contribution is -2.43. The van der Waals surface area contributed by atoms with Gasteiger partial charge in [-0.05, 0) is 66.8 Å². The van der Waals surface area contributed by atoms with Crippen LogP contribution in [0, 0.1) is 0 Å². The van der Waals surface area contributed by atoms with E-state index >= 15 is 0 Å². The number of phenols is 2. The van der Waals surface area contributed by atoms with Gasteiger partial charge in [-0.15, -0.1) is 0 Å². The molecule has 5 N–H and O–H groups in total. The summed E-state index contributed by atoms with van der Waals surface area (Å²) in [6.45, 7) is 4.76. The zero-order chi connectivity index (χ0) is 25.4. The lowest BCUT2D eigenvalue weighted by Gasteiger charge is -2.28. The summed E-state index contributed by atoms with van der Waals surface area (Å²) >= 11 is 0. The van der Waals surface area contributed by atoms with Gasteiger partial charge in [-0.1, -0.05) is 36.4 Å². The third-order valence-corrected chi connectivity index (χ3v) is 5.71. The highest BCUT2D eigenvalue weighted by Gasteiger charge is 2.20. The van der Waals surface area contributed by atoms with Crippen LogP contribution in [0.3, 0.4) is 0 Å². The molecule has 0 fully saturated rings. The Hall–Kier alpha value is -3.55. The first kappa shape index (κ1) is 26.1. The van der Waals surface area contributed by atoms with E-state index in [1.54, 1.807) is 7.11 Å². The predicted molar refractivity (Wildman–Crippen MR) is 136 cm³/mol. The van der Waals surface area contributed by atoms with Gasteiger partial charge < -0.3 is 30.7 Å². The van der Waals surface area contributed by atoms with Gasteiger partial charge in [0.25, 0.3) is 0 Å². The van der Waals surface area contributed by atoms with Gasteiger partial charge in [-0.2, -0.15) is 0 Å².